The number of nitrogens with zero attached hydrogens (tertiary/aromatic N) is 5. The van der Waals surface area contributed by atoms with Crippen molar-refractivity contribution in [3.63, 3.8) is 0 Å². The third kappa shape index (κ3) is 4.57. The van der Waals surface area contributed by atoms with Crippen LogP contribution in [0.3, 0.4) is 0 Å². The molecule has 0 bridgehead atoms. The van der Waals surface area contributed by atoms with Gasteiger partial charge in [-0.2, -0.15) is 23.3 Å². The molecule has 3 rings (SSSR count). The largest absolute Gasteiger partial charge is 0.452 e. The van der Waals surface area contributed by atoms with Gasteiger partial charge in [0.1, 0.15) is 12.0 Å². The lowest BCUT2D eigenvalue weighted by Gasteiger charge is -2.11. The SMILES string of the molecule is CCc1c(C(=O)OCC(=O)Nc2ccc(C(F)(F)F)cc2[N+](=O)[O-])cnc2ncnn12. The van der Waals surface area contributed by atoms with Crippen LogP contribution in [0.2, 0.25) is 0 Å². The lowest BCUT2D eigenvalue weighted by atomic mass is 10.1. The molecule has 1 N–H and O–H groups in total. The number of anilines is 1. The number of rotatable bonds is 6. The lowest BCUT2D eigenvalue weighted by Crippen LogP contribution is -2.22. The minimum atomic E-state index is -4.79. The van der Waals surface area contributed by atoms with Crippen molar-refractivity contribution in [2.24, 2.45) is 0 Å². The number of amides is 1. The molecule has 11 nitrogen and oxygen atoms in total. The van der Waals surface area contributed by atoms with Crippen LogP contribution >= 0.6 is 0 Å². The summed E-state index contributed by atoms with van der Waals surface area (Å²) in [5, 5.41) is 17.1. The fourth-order valence-corrected chi connectivity index (χ4v) is 2.70. The first-order chi connectivity index (χ1) is 14.6. The standard InChI is InChI=1S/C17H13F3N6O5/c1-2-12-10(6-21-16-22-8-23-25(12)16)15(28)31-7-14(27)24-11-4-3-9(17(18,19)20)5-13(11)26(29)30/h3-6,8H,2,7H2,1H3,(H,24,27). The minimum absolute atomic E-state index is 0.0359. The van der Waals surface area contributed by atoms with Crippen molar-refractivity contribution in [1.82, 2.24) is 19.6 Å². The number of fused-ring (bicyclic) bond motifs is 1. The van der Waals surface area contributed by atoms with Gasteiger partial charge in [-0.3, -0.25) is 14.9 Å². The van der Waals surface area contributed by atoms with Crippen molar-refractivity contribution in [3.8, 4) is 0 Å². The van der Waals surface area contributed by atoms with Crippen molar-refractivity contribution in [2.75, 3.05) is 11.9 Å². The highest BCUT2D eigenvalue weighted by molar-refractivity contribution is 5.97. The first-order valence-corrected chi connectivity index (χ1v) is 8.62. The zero-order valence-electron chi connectivity index (χ0n) is 15.7. The Bertz CT molecular complexity index is 1180. The van der Waals surface area contributed by atoms with E-state index in [1.54, 1.807) is 6.92 Å². The number of alkyl halides is 3. The molecular weight excluding hydrogens is 425 g/mol. The molecule has 2 aromatic heterocycles. The molecule has 162 valence electrons. The molecule has 0 radical (unpaired) electrons. The summed E-state index contributed by atoms with van der Waals surface area (Å²) in [7, 11) is 0. The van der Waals surface area contributed by atoms with Gasteiger partial charge in [0.2, 0.25) is 0 Å². The molecule has 0 unspecified atom stereocenters. The number of nitro groups is 1. The summed E-state index contributed by atoms with van der Waals surface area (Å²) in [4.78, 5) is 42.2. The summed E-state index contributed by atoms with van der Waals surface area (Å²) in [6.07, 6.45) is -1.96. The van der Waals surface area contributed by atoms with Gasteiger partial charge in [0.15, 0.2) is 6.61 Å². The highest BCUT2D eigenvalue weighted by Gasteiger charge is 2.33. The van der Waals surface area contributed by atoms with Crippen LogP contribution in [0.5, 0.6) is 0 Å². The van der Waals surface area contributed by atoms with Crippen molar-refractivity contribution < 1.29 is 32.4 Å². The van der Waals surface area contributed by atoms with E-state index in [9.17, 15) is 32.9 Å². The molecule has 0 atom stereocenters. The van der Waals surface area contributed by atoms with Gasteiger partial charge in [0.25, 0.3) is 17.4 Å². The van der Waals surface area contributed by atoms with Gasteiger partial charge in [-0.25, -0.2) is 14.3 Å². The molecular formula is C17H13F3N6O5. The molecule has 0 aliphatic carbocycles. The number of aryl methyl sites for hydroxylation is 1. The fourth-order valence-electron chi connectivity index (χ4n) is 2.70. The Morgan fingerprint density at radius 3 is 2.68 bits per heavy atom. The average molecular weight is 438 g/mol. The van der Waals surface area contributed by atoms with Gasteiger partial charge in [-0.15, -0.1) is 0 Å². The van der Waals surface area contributed by atoms with Crippen LogP contribution < -0.4 is 5.32 Å². The van der Waals surface area contributed by atoms with E-state index in [4.69, 9.17) is 4.74 Å². The van der Waals surface area contributed by atoms with Crippen molar-refractivity contribution in [3.05, 3.63) is 57.7 Å². The van der Waals surface area contributed by atoms with Gasteiger partial charge in [-0.1, -0.05) is 6.92 Å². The third-order valence-corrected chi connectivity index (χ3v) is 4.09. The Kier molecular flexibility index (Phi) is 5.81. The van der Waals surface area contributed by atoms with Crippen molar-refractivity contribution >= 4 is 29.0 Å². The topological polar surface area (TPSA) is 142 Å². The number of ether oxygens (including phenoxy) is 1. The van der Waals surface area contributed by atoms with E-state index in [1.165, 1.54) is 17.0 Å². The van der Waals surface area contributed by atoms with E-state index >= 15 is 0 Å². The number of carbonyl (C=O) groups is 2. The maximum absolute atomic E-state index is 12.8. The highest BCUT2D eigenvalue weighted by atomic mass is 19.4. The van der Waals surface area contributed by atoms with Crippen LogP contribution in [-0.4, -0.2) is 43.0 Å². The molecule has 3 aromatic rings. The van der Waals surface area contributed by atoms with Gasteiger partial charge in [0.05, 0.1) is 21.7 Å². The summed E-state index contributed by atoms with van der Waals surface area (Å²) >= 11 is 0. The number of esters is 1. The third-order valence-electron chi connectivity index (χ3n) is 4.09. The molecule has 0 aliphatic heterocycles. The number of hydrogen-bond acceptors (Lipinski definition) is 8. The number of nitrogens with one attached hydrogen (secondary N) is 1. The molecule has 1 aromatic carbocycles. The molecule has 0 aliphatic rings. The molecule has 1 amide bonds. The van der Waals surface area contributed by atoms with Crippen molar-refractivity contribution in [1.29, 1.82) is 0 Å². The number of carbonyl (C=O) groups excluding carboxylic acids is 2. The van der Waals surface area contributed by atoms with Gasteiger partial charge >= 0.3 is 12.1 Å². The van der Waals surface area contributed by atoms with Gasteiger partial charge in [0, 0.05) is 12.3 Å². The zero-order chi connectivity index (χ0) is 22.8. The minimum Gasteiger partial charge on any atom is -0.452 e. The van der Waals surface area contributed by atoms with E-state index in [-0.39, 0.29) is 11.3 Å². The molecule has 2 heterocycles. The second-order valence-electron chi connectivity index (χ2n) is 6.06. The predicted molar refractivity (Wildman–Crippen MR) is 97.2 cm³/mol. The molecule has 0 fully saturated rings. The Morgan fingerprint density at radius 1 is 1.29 bits per heavy atom. The van der Waals surface area contributed by atoms with E-state index in [2.05, 4.69) is 20.4 Å². The average Bonchev–Trinajstić information content (AvgIpc) is 3.19. The molecule has 14 heteroatoms. The van der Waals surface area contributed by atoms with E-state index < -0.39 is 46.5 Å². The Hall–Kier alpha value is -4.10. The van der Waals surface area contributed by atoms with Crippen LogP contribution in [0.1, 0.15) is 28.5 Å². The predicted octanol–water partition coefficient (Wildman–Crippen LogP) is 2.41. The Labute approximate surface area is 171 Å². The van der Waals surface area contributed by atoms with E-state index in [0.29, 0.717) is 24.2 Å². The summed E-state index contributed by atoms with van der Waals surface area (Å²) < 4.78 is 44.5. The first-order valence-electron chi connectivity index (χ1n) is 8.62. The maximum atomic E-state index is 12.8. The van der Waals surface area contributed by atoms with Crippen LogP contribution in [0.25, 0.3) is 5.78 Å². The smallest absolute Gasteiger partial charge is 0.416 e. The number of aromatic nitrogens is 4. The summed E-state index contributed by atoms with van der Waals surface area (Å²) in [5.41, 5.74) is -2.20. The highest BCUT2D eigenvalue weighted by Crippen LogP contribution is 2.34. The number of halogens is 3. The Morgan fingerprint density at radius 2 is 2.03 bits per heavy atom. The number of benzene rings is 1. The summed E-state index contributed by atoms with van der Waals surface area (Å²) in [6, 6.07) is 1.63. The van der Waals surface area contributed by atoms with Crippen LogP contribution in [0, 0.1) is 10.1 Å². The molecule has 0 spiro atoms. The monoisotopic (exact) mass is 438 g/mol. The van der Waals surface area contributed by atoms with Crippen LogP contribution in [0.15, 0.2) is 30.7 Å². The second-order valence-corrected chi connectivity index (χ2v) is 6.06. The maximum Gasteiger partial charge on any atom is 0.416 e. The quantitative estimate of drug-likeness (QED) is 0.351. The van der Waals surface area contributed by atoms with E-state index in [0.717, 1.165) is 6.07 Å². The number of hydrogen-bond donors (Lipinski definition) is 1. The summed E-state index contributed by atoms with van der Waals surface area (Å²) in [5.74, 6) is -1.62. The first kappa shape index (κ1) is 21.6. The molecule has 0 saturated carbocycles. The summed E-state index contributed by atoms with van der Waals surface area (Å²) in [6.45, 7) is 0.916. The second kappa shape index (κ2) is 8.33. The van der Waals surface area contributed by atoms with Gasteiger partial charge < -0.3 is 10.1 Å². The van der Waals surface area contributed by atoms with Crippen molar-refractivity contribution in [2.45, 2.75) is 19.5 Å². The lowest BCUT2D eigenvalue weighted by molar-refractivity contribution is -0.384. The normalized spacial score (nSPS) is 11.4. The zero-order valence-corrected chi connectivity index (χ0v) is 15.7. The molecule has 0 saturated heterocycles. The van der Waals surface area contributed by atoms with Crippen LogP contribution in [-0.2, 0) is 22.1 Å². The fraction of sp³-hybridized carbons (Fsp3) is 0.235. The van der Waals surface area contributed by atoms with Crippen LogP contribution in [0.4, 0.5) is 24.5 Å². The number of nitro benzene ring substituents is 1. The van der Waals surface area contributed by atoms with E-state index in [1.807, 2.05) is 0 Å². The Balaban J connectivity index is 1.72. The van der Waals surface area contributed by atoms with Gasteiger partial charge in [-0.05, 0) is 18.6 Å². The molecule has 31 heavy (non-hydrogen) atoms.